The zero-order chi connectivity index (χ0) is 31.8. The molecule has 6 nitrogen and oxygen atoms in total. The predicted molar refractivity (Wildman–Crippen MR) is 191 cm³/mol. The van der Waals surface area contributed by atoms with E-state index >= 15 is 0 Å². The molecule has 8 heteroatoms. The number of hydrogen-bond acceptors (Lipinski definition) is 5. The monoisotopic (exact) mass is 639 g/mol. The molecule has 1 aliphatic rings. The molecule has 5 aromatic rings. The Morgan fingerprint density at radius 3 is 2.58 bits per heavy atom. The van der Waals surface area contributed by atoms with Gasteiger partial charge in [0.1, 0.15) is 5.75 Å². The van der Waals surface area contributed by atoms with E-state index in [4.69, 9.17) is 26.8 Å². The second kappa shape index (κ2) is 13.0. The third kappa shape index (κ3) is 6.12. The molecule has 0 atom stereocenters. The largest absolute Gasteiger partial charge is 0.493 e. The van der Waals surface area contributed by atoms with Crippen LogP contribution in [0.2, 0.25) is 5.02 Å². The highest BCUT2D eigenvalue weighted by Crippen LogP contribution is 2.43. The normalized spacial score (nSPS) is 16.2. The van der Waals surface area contributed by atoms with Crippen molar-refractivity contribution in [3.05, 3.63) is 93.5 Å². The Morgan fingerprint density at radius 1 is 0.978 bits per heavy atom. The van der Waals surface area contributed by atoms with Crippen LogP contribution in [0.5, 0.6) is 5.75 Å². The van der Waals surface area contributed by atoms with E-state index in [0.29, 0.717) is 23.8 Å². The van der Waals surface area contributed by atoms with Crippen molar-refractivity contribution >= 4 is 50.7 Å². The fourth-order valence-electron chi connectivity index (χ4n) is 6.57. The Labute approximate surface area is 275 Å². The van der Waals surface area contributed by atoms with Crippen molar-refractivity contribution < 1.29 is 4.74 Å². The number of aromatic nitrogens is 3. The molecule has 0 saturated carbocycles. The van der Waals surface area contributed by atoms with Crippen molar-refractivity contribution in [1.82, 2.24) is 19.2 Å². The van der Waals surface area contributed by atoms with Crippen LogP contribution in [0.25, 0.3) is 32.8 Å². The summed E-state index contributed by atoms with van der Waals surface area (Å²) < 4.78 is 10.9. The first-order valence-corrected chi connectivity index (χ1v) is 17.2. The Hall–Kier alpha value is -3.68. The van der Waals surface area contributed by atoms with Crippen molar-refractivity contribution in [2.75, 3.05) is 26.5 Å². The maximum Gasteiger partial charge on any atom is 0.127 e. The van der Waals surface area contributed by atoms with E-state index < -0.39 is 0 Å². The van der Waals surface area contributed by atoms with E-state index in [1.54, 1.807) is 11.8 Å². The van der Waals surface area contributed by atoms with Crippen LogP contribution in [0.4, 0.5) is 0 Å². The summed E-state index contributed by atoms with van der Waals surface area (Å²) >= 11 is 8.77. The molecule has 0 aliphatic carbocycles. The number of benzene rings is 3. The van der Waals surface area contributed by atoms with E-state index in [1.807, 2.05) is 23.9 Å². The second-order valence-electron chi connectivity index (χ2n) is 12.3. The van der Waals surface area contributed by atoms with Crippen molar-refractivity contribution in [3.63, 3.8) is 0 Å². The summed E-state index contributed by atoms with van der Waals surface area (Å²) in [4.78, 5) is 2.13. The number of allylic oxidation sites excluding steroid dienone is 2. The van der Waals surface area contributed by atoms with E-state index in [0.717, 1.165) is 70.2 Å². The number of fused-ring (bicyclic) bond motifs is 6. The Kier molecular flexibility index (Phi) is 9.03. The molecule has 6 bridgehead atoms. The van der Waals surface area contributed by atoms with Gasteiger partial charge in [0.2, 0.25) is 0 Å². The van der Waals surface area contributed by atoms with Crippen molar-refractivity contribution in [3.8, 4) is 16.9 Å². The number of aryl methyl sites for hydroxylation is 4. The highest BCUT2D eigenvalue weighted by Gasteiger charge is 2.24. The van der Waals surface area contributed by atoms with E-state index in [2.05, 4.69) is 86.8 Å². The lowest BCUT2D eigenvalue weighted by Gasteiger charge is -2.18. The average Bonchev–Trinajstić information content (AvgIpc) is 3.43. The fraction of sp³-hybridized carbons (Fsp3) is 0.351. The Balaban J connectivity index is 1.44. The molecule has 0 fully saturated rings. The van der Waals surface area contributed by atoms with Crippen molar-refractivity contribution in [2.24, 2.45) is 7.05 Å². The predicted octanol–water partition coefficient (Wildman–Crippen LogP) is 8.89. The standard InChI is InChI=1S/C37H42ClN5OS/c1-23-24(2)43-16-9-17-44-34-19-26(18-27-10-7-8-11-30(27)34)12-13-29(41(4)5)20-28(39)21-45-22-32-36(25(3)42(6)40-32)37-31(38)14-15-33(43)35(23)37/h7-8,10-11,14-15,18-20,39H,9,12-13,16-17,21-22H2,1-6H3/b29-20-,39-28?. The number of hydrogen-bond donors (Lipinski definition) is 1. The summed E-state index contributed by atoms with van der Waals surface area (Å²) in [6.45, 7) is 8.00. The molecule has 2 aromatic heterocycles. The van der Waals surface area contributed by atoms with Gasteiger partial charge in [-0.2, -0.15) is 5.10 Å². The SMILES string of the molecule is Cc1c(C)n2c3ccc(Cl)c(c13)-c1c(nn(C)c1C)CSCC(=N)/C=C(\N(C)C)CCc1cc(c3ccccc3c1)OCCC2. The van der Waals surface area contributed by atoms with Crippen LogP contribution in [0, 0.1) is 26.2 Å². The van der Waals surface area contributed by atoms with Crippen LogP contribution >= 0.6 is 23.4 Å². The molecule has 0 saturated heterocycles. The summed E-state index contributed by atoms with van der Waals surface area (Å²) in [5.41, 5.74) is 10.9. The van der Waals surface area contributed by atoms with Crippen molar-refractivity contribution in [1.29, 1.82) is 5.41 Å². The highest BCUT2D eigenvalue weighted by atomic mass is 35.5. The van der Waals surface area contributed by atoms with Gasteiger partial charge in [0.25, 0.3) is 0 Å². The Morgan fingerprint density at radius 2 is 1.78 bits per heavy atom. The minimum Gasteiger partial charge on any atom is -0.493 e. The van der Waals surface area contributed by atoms with Gasteiger partial charge in [-0.05, 0) is 80.8 Å². The zero-order valence-electron chi connectivity index (χ0n) is 27.1. The number of nitrogens with one attached hydrogen (secondary N) is 1. The summed E-state index contributed by atoms with van der Waals surface area (Å²) in [6, 6.07) is 17.2. The average molecular weight is 640 g/mol. The molecule has 0 unspecified atom stereocenters. The van der Waals surface area contributed by atoms with E-state index in [-0.39, 0.29) is 0 Å². The number of rotatable bonds is 1. The molecular formula is C37H42ClN5OS. The van der Waals surface area contributed by atoms with Gasteiger partial charge in [-0.25, -0.2) is 0 Å². The van der Waals surface area contributed by atoms with Gasteiger partial charge in [-0.1, -0.05) is 41.9 Å². The summed E-state index contributed by atoms with van der Waals surface area (Å²) in [6.07, 6.45) is 4.63. The van der Waals surface area contributed by atoms with E-state index in [1.165, 1.54) is 33.1 Å². The topological polar surface area (TPSA) is 59.1 Å². The van der Waals surface area contributed by atoms with Crippen LogP contribution in [0.1, 0.15) is 41.1 Å². The van der Waals surface area contributed by atoms with Gasteiger partial charge in [-0.15, -0.1) is 11.8 Å². The van der Waals surface area contributed by atoms with Crippen LogP contribution in [0.3, 0.4) is 0 Å². The van der Waals surface area contributed by atoms with Crippen LogP contribution < -0.4 is 4.74 Å². The molecule has 0 amide bonds. The molecule has 45 heavy (non-hydrogen) atoms. The fourth-order valence-corrected chi connectivity index (χ4v) is 7.62. The molecule has 234 valence electrons. The van der Waals surface area contributed by atoms with Crippen molar-refractivity contribution in [2.45, 2.75) is 52.3 Å². The first-order chi connectivity index (χ1) is 21.6. The van der Waals surface area contributed by atoms with Gasteiger partial charge in [0, 0.05) is 94.4 Å². The number of thioether (sulfide) groups is 1. The van der Waals surface area contributed by atoms with Gasteiger partial charge >= 0.3 is 0 Å². The minimum absolute atomic E-state index is 0.604. The summed E-state index contributed by atoms with van der Waals surface area (Å²) in [5.74, 6) is 2.24. The lowest BCUT2D eigenvalue weighted by Crippen LogP contribution is -2.14. The smallest absolute Gasteiger partial charge is 0.127 e. The Bertz CT molecular complexity index is 1950. The summed E-state index contributed by atoms with van der Waals surface area (Å²) in [5, 5.41) is 18.0. The number of nitrogens with zero attached hydrogens (tertiary/aromatic N) is 4. The molecule has 0 radical (unpaired) electrons. The third-order valence-electron chi connectivity index (χ3n) is 9.15. The minimum atomic E-state index is 0.604. The maximum atomic E-state index is 8.83. The first kappa shape index (κ1) is 31.3. The molecule has 3 heterocycles. The first-order valence-electron chi connectivity index (χ1n) is 15.6. The second-order valence-corrected chi connectivity index (χ2v) is 13.7. The number of halogens is 1. The highest BCUT2D eigenvalue weighted by molar-refractivity contribution is 7.99. The molecular weight excluding hydrogens is 598 g/mol. The maximum absolute atomic E-state index is 8.83. The van der Waals surface area contributed by atoms with Gasteiger partial charge in [0.15, 0.2) is 0 Å². The lowest BCUT2D eigenvalue weighted by atomic mass is 9.97. The molecule has 6 rings (SSSR count). The molecule has 1 N–H and O–H groups in total. The van der Waals surface area contributed by atoms with Gasteiger partial charge in [0.05, 0.1) is 12.3 Å². The molecule has 3 aromatic carbocycles. The van der Waals surface area contributed by atoms with Crippen LogP contribution in [0.15, 0.2) is 60.3 Å². The third-order valence-corrected chi connectivity index (χ3v) is 10.5. The van der Waals surface area contributed by atoms with Crippen LogP contribution in [-0.4, -0.2) is 51.4 Å². The van der Waals surface area contributed by atoms with Gasteiger partial charge < -0.3 is 19.6 Å². The van der Waals surface area contributed by atoms with Crippen LogP contribution in [-0.2, 0) is 25.8 Å². The lowest BCUT2D eigenvalue weighted by molar-refractivity contribution is 0.305. The quantitative estimate of drug-likeness (QED) is 0.199. The zero-order valence-corrected chi connectivity index (χ0v) is 28.7. The molecule has 1 aliphatic heterocycles. The molecule has 0 spiro atoms. The van der Waals surface area contributed by atoms with E-state index in [9.17, 15) is 0 Å². The number of ether oxygens (including phenoxy) is 1. The summed E-state index contributed by atoms with van der Waals surface area (Å²) in [7, 11) is 6.13. The van der Waals surface area contributed by atoms with Gasteiger partial charge in [-0.3, -0.25) is 4.68 Å².